The van der Waals surface area contributed by atoms with Crippen molar-refractivity contribution in [2.75, 3.05) is 31.1 Å². The van der Waals surface area contributed by atoms with Gasteiger partial charge in [0.05, 0.1) is 5.52 Å². The summed E-state index contributed by atoms with van der Waals surface area (Å²) in [6.07, 6.45) is 2.34. The molecule has 0 saturated carbocycles. The molecule has 2 aromatic rings. The summed E-state index contributed by atoms with van der Waals surface area (Å²) in [7, 11) is 0. The number of amides is 2. The number of hydrogen-bond donors (Lipinski definition) is 2. The Balaban J connectivity index is 1.45. The average molecular weight is 391 g/mol. The number of ether oxygens (including phenoxy) is 1. The van der Waals surface area contributed by atoms with E-state index in [-0.39, 0.29) is 0 Å². The zero-order chi connectivity index (χ0) is 19.2. The SMILES string of the molecule is NC(=O)COC(=O)NCCC1CCN(c2ccc3ccc(Cl)cc3n2)CC1. The molecule has 0 atom stereocenters. The summed E-state index contributed by atoms with van der Waals surface area (Å²) in [5.41, 5.74) is 5.83. The number of primary amides is 1. The maximum Gasteiger partial charge on any atom is 0.407 e. The zero-order valence-corrected chi connectivity index (χ0v) is 15.7. The van der Waals surface area contributed by atoms with Crippen molar-refractivity contribution in [2.24, 2.45) is 11.7 Å². The molecule has 2 amide bonds. The molecule has 1 aliphatic heterocycles. The van der Waals surface area contributed by atoms with Crippen LogP contribution in [0, 0.1) is 5.92 Å². The van der Waals surface area contributed by atoms with Crippen LogP contribution in [0.4, 0.5) is 10.6 Å². The molecule has 2 heterocycles. The molecule has 0 spiro atoms. The van der Waals surface area contributed by atoms with Crippen LogP contribution in [-0.4, -0.2) is 43.2 Å². The highest BCUT2D eigenvalue weighted by atomic mass is 35.5. The van der Waals surface area contributed by atoms with Gasteiger partial charge in [-0.2, -0.15) is 0 Å². The van der Waals surface area contributed by atoms with Crippen LogP contribution >= 0.6 is 11.6 Å². The number of piperidine rings is 1. The van der Waals surface area contributed by atoms with Crippen molar-refractivity contribution in [3.8, 4) is 0 Å². The van der Waals surface area contributed by atoms with Crippen LogP contribution in [0.3, 0.4) is 0 Å². The molecular formula is C19H23ClN4O3. The van der Waals surface area contributed by atoms with E-state index in [1.54, 1.807) is 0 Å². The van der Waals surface area contributed by atoms with Gasteiger partial charge in [0.2, 0.25) is 0 Å². The van der Waals surface area contributed by atoms with Gasteiger partial charge in [-0.3, -0.25) is 4.79 Å². The fourth-order valence-electron chi connectivity index (χ4n) is 3.27. The van der Waals surface area contributed by atoms with E-state index in [0.717, 1.165) is 49.1 Å². The van der Waals surface area contributed by atoms with Crippen molar-refractivity contribution in [3.05, 3.63) is 35.4 Å². The van der Waals surface area contributed by atoms with E-state index in [9.17, 15) is 9.59 Å². The third kappa shape index (κ3) is 5.47. The van der Waals surface area contributed by atoms with Crippen molar-refractivity contribution in [1.82, 2.24) is 10.3 Å². The van der Waals surface area contributed by atoms with Crippen LogP contribution in [0.15, 0.2) is 30.3 Å². The van der Waals surface area contributed by atoms with Gasteiger partial charge < -0.3 is 20.7 Å². The maximum absolute atomic E-state index is 11.4. The average Bonchev–Trinajstić information content (AvgIpc) is 2.66. The van der Waals surface area contributed by atoms with Gasteiger partial charge in [-0.15, -0.1) is 0 Å². The lowest BCUT2D eigenvalue weighted by Crippen LogP contribution is -2.36. The number of fused-ring (bicyclic) bond motifs is 1. The third-order valence-electron chi connectivity index (χ3n) is 4.75. The topological polar surface area (TPSA) is 97.6 Å². The minimum absolute atomic E-state index is 0.395. The van der Waals surface area contributed by atoms with Crippen LogP contribution in [0.2, 0.25) is 5.02 Å². The molecule has 1 saturated heterocycles. The lowest BCUT2D eigenvalue weighted by atomic mass is 9.93. The van der Waals surface area contributed by atoms with Crippen LogP contribution in [0.1, 0.15) is 19.3 Å². The molecule has 0 bridgehead atoms. The highest BCUT2D eigenvalue weighted by Crippen LogP contribution is 2.26. The Kier molecular flexibility index (Phi) is 6.34. The number of nitrogens with zero attached hydrogens (tertiary/aromatic N) is 2. The summed E-state index contributed by atoms with van der Waals surface area (Å²) >= 11 is 6.07. The van der Waals surface area contributed by atoms with Gasteiger partial charge in [-0.05, 0) is 49.4 Å². The fourth-order valence-corrected chi connectivity index (χ4v) is 3.44. The number of rotatable bonds is 6. The molecule has 27 heavy (non-hydrogen) atoms. The number of halogens is 1. The van der Waals surface area contributed by atoms with Gasteiger partial charge in [0, 0.05) is 30.0 Å². The van der Waals surface area contributed by atoms with E-state index in [4.69, 9.17) is 22.3 Å². The molecular weight excluding hydrogens is 368 g/mol. The zero-order valence-electron chi connectivity index (χ0n) is 15.0. The number of hydrogen-bond acceptors (Lipinski definition) is 5. The second kappa shape index (κ2) is 8.90. The van der Waals surface area contributed by atoms with E-state index in [1.807, 2.05) is 24.3 Å². The van der Waals surface area contributed by atoms with Crippen molar-refractivity contribution in [1.29, 1.82) is 0 Å². The lowest BCUT2D eigenvalue weighted by Gasteiger charge is -2.33. The number of nitrogens with one attached hydrogen (secondary N) is 1. The molecule has 8 heteroatoms. The minimum Gasteiger partial charge on any atom is -0.439 e. The van der Waals surface area contributed by atoms with Crippen molar-refractivity contribution >= 4 is 40.3 Å². The first kappa shape index (κ1) is 19.2. The Morgan fingerprint density at radius 3 is 2.74 bits per heavy atom. The number of benzene rings is 1. The summed E-state index contributed by atoms with van der Waals surface area (Å²) in [6.45, 7) is 1.98. The van der Waals surface area contributed by atoms with Gasteiger partial charge in [0.25, 0.3) is 5.91 Å². The Bertz CT molecular complexity index is 822. The summed E-state index contributed by atoms with van der Waals surface area (Å²) < 4.78 is 4.66. The normalized spacial score (nSPS) is 14.9. The van der Waals surface area contributed by atoms with Gasteiger partial charge in [-0.1, -0.05) is 17.7 Å². The van der Waals surface area contributed by atoms with E-state index in [0.29, 0.717) is 17.5 Å². The highest BCUT2D eigenvalue weighted by Gasteiger charge is 2.20. The first-order valence-corrected chi connectivity index (χ1v) is 9.39. The molecule has 0 aliphatic carbocycles. The molecule has 3 rings (SSSR count). The maximum atomic E-state index is 11.4. The second-order valence-corrected chi connectivity index (χ2v) is 7.13. The Hall–Kier alpha value is -2.54. The van der Waals surface area contributed by atoms with Gasteiger partial charge in [-0.25, -0.2) is 9.78 Å². The first-order chi connectivity index (χ1) is 13.0. The number of nitrogens with two attached hydrogens (primary N) is 1. The summed E-state index contributed by atoms with van der Waals surface area (Å²) in [5, 5.41) is 4.41. The van der Waals surface area contributed by atoms with Crippen molar-refractivity contribution in [2.45, 2.75) is 19.3 Å². The molecule has 0 radical (unpaired) electrons. The van der Waals surface area contributed by atoms with Gasteiger partial charge in [0.15, 0.2) is 6.61 Å². The Morgan fingerprint density at radius 2 is 2.00 bits per heavy atom. The number of carbonyl (C=O) groups excluding carboxylic acids is 2. The minimum atomic E-state index is -0.665. The standard InChI is InChI=1S/C19H23ClN4O3/c20-15-3-1-14-2-4-18(23-16(14)11-15)24-9-6-13(7-10-24)5-8-22-19(26)27-12-17(21)25/h1-4,11,13H,5-10,12H2,(H2,21,25)(H,22,26). The van der Waals surface area contributed by atoms with Crippen LogP contribution in [0.5, 0.6) is 0 Å². The molecule has 1 aromatic carbocycles. The van der Waals surface area contributed by atoms with Crippen molar-refractivity contribution < 1.29 is 14.3 Å². The largest absolute Gasteiger partial charge is 0.439 e. The quantitative estimate of drug-likeness (QED) is 0.790. The molecule has 144 valence electrons. The Morgan fingerprint density at radius 1 is 1.26 bits per heavy atom. The van der Waals surface area contributed by atoms with Gasteiger partial charge in [0.1, 0.15) is 5.82 Å². The number of anilines is 1. The first-order valence-electron chi connectivity index (χ1n) is 9.01. The van der Waals surface area contributed by atoms with E-state index in [1.165, 1.54) is 0 Å². The number of alkyl carbamates (subject to hydrolysis) is 1. The monoisotopic (exact) mass is 390 g/mol. The van der Waals surface area contributed by atoms with Crippen LogP contribution in [0.25, 0.3) is 10.9 Å². The number of aromatic nitrogens is 1. The molecule has 1 aliphatic rings. The summed E-state index contributed by atoms with van der Waals surface area (Å²) in [4.78, 5) is 29.0. The van der Waals surface area contributed by atoms with E-state index in [2.05, 4.69) is 21.0 Å². The fraction of sp³-hybridized carbons (Fsp3) is 0.421. The summed E-state index contributed by atoms with van der Waals surface area (Å²) in [5.74, 6) is 0.839. The smallest absolute Gasteiger partial charge is 0.407 e. The van der Waals surface area contributed by atoms with Crippen molar-refractivity contribution in [3.63, 3.8) is 0 Å². The predicted molar refractivity (Wildman–Crippen MR) is 105 cm³/mol. The number of carbonyl (C=O) groups is 2. The predicted octanol–water partition coefficient (Wildman–Crippen LogP) is 2.71. The number of pyridine rings is 1. The van der Waals surface area contributed by atoms with E-state index >= 15 is 0 Å². The molecule has 3 N–H and O–H groups in total. The van der Waals surface area contributed by atoms with E-state index < -0.39 is 18.6 Å². The summed E-state index contributed by atoms with van der Waals surface area (Å²) in [6, 6.07) is 9.85. The van der Waals surface area contributed by atoms with Crippen LogP contribution < -0.4 is 16.0 Å². The Labute approximate surface area is 162 Å². The van der Waals surface area contributed by atoms with Crippen LogP contribution in [-0.2, 0) is 9.53 Å². The molecule has 1 aromatic heterocycles. The lowest BCUT2D eigenvalue weighted by molar-refractivity contribution is -0.120. The third-order valence-corrected chi connectivity index (χ3v) is 4.98. The molecule has 1 fully saturated rings. The molecule has 7 nitrogen and oxygen atoms in total. The van der Waals surface area contributed by atoms with Gasteiger partial charge >= 0.3 is 6.09 Å². The highest BCUT2D eigenvalue weighted by molar-refractivity contribution is 6.31. The second-order valence-electron chi connectivity index (χ2n) is 6.69. The molecule has 0 unspecified atom stereocenters.